The van der Waals surface area contributed by atoms with Gasteiger partial charge in [0.1, 0.15) is 6.61 Å². The van der Waals surface area contributed by atoms with E-state index in [4.69, 9.17) is 16.3 Å². The number of para-hydroxylation sites is 2. The Morgan fingerprint density at radius 1 is 1.00 bits per heavy atom. The van der Waals surface area contributed by atoms with Crippen LogP contribution in [0.3, 0.4) is 0 Å². The molecule has 2 nitrogen and oxygen atoms in total. The van der Waals surface area contributed by atoms with E-state index in [-0.39, 0.29) is 5.75 Å². The maximum absolute atomic E-state index is 9.49. The molecule has 2 rings (SSSR count). The Hall–Kier alpha value is -1.67. The first-order valence-electron chi connectivity index (χ1n) is 4.91. The first kappa shape index (κ1) is 10.8. The molecule has 1 N–H and O–H groups in total. The first-order valence-corrected chi connectivity index (χ1v) is 5.29. The SMILES string of the molecule is Oc1ccccc1OCc1ccc(Cl)cc1. The summed E-state index contributed by atoms with van der Waals surface area (Å²) in [5, 5.41) is 10.2. The van der Waals surface area contributed by atoms with Crippen molar-refractivity contribution in [2.45, 2.75) is 6.61 Å². The summed E-state index contributed by atoms with van der Waals surface area (Å²) in [6.07, 6.45) is 0. The molecule has 0 heterocycles. The molecule has 16 heavy (non-hydrogen) atoms. The van der Waals surface area contributed by atoms with Crippen LogP contribution in [0.15, 0.2) is 48.5 Å². The number of benzene rings is 2. The van der Waals surface area contributed by atoms with Gasteiger partial charge in [-0.2, -0.15) is 0 Å². The van der Waals surface area contributed by atoms with E-state index in [1.807, 2.05) is 30.3 Å². The maximum Gasteiger partial charge on any atom is 0.161 e. The Bertz CT molecular complexity index is 466. The Morgan fingerprint density at radius 2 is 1.69 bits per heavy atom. The quantitative estimate of drug-likeness (QED) is 0.879. The van der Waals surface area contributed by atoms with Crippen molar-refractivity contribution in [2.24, 2.45) is 0 Å². The minimum Gasteiger partial charge on any atom is -0.504 e. The van der Waals surface area contributed by atoms with Crippen molar-refractivity contribution < 1.29 is 9.84 Å². The van der Waals surface area contributed by atoms with Gasteiger partial charge in [-0.15, -0.1) is 0 Å². The first-order chi connectivity index (χ1) is 7.75. The summed E-state index contributed by atoms with van der Waals surface area (Å²) in [4.78, 5) is 0. The Balaban J connectivity index is 2.02. The summed E-state index contributed by atoms with van der Waals surface area (Å²) in [5.74, 6) is 0.633. The normalized spacial score (nSPS) is 10.1. The summed E-state index contributed by atoms with van der Waals surface area (Å²) < 4.78 is 5.47. The van der Waals surface area contributed by atoms with Gasteiger partial charge in [0.15, 0.2) is 11.5 Å². The molecule has 0 saturated heterocycles. The van der Waals surface area contributed by atoms with E-state index < -0.39 is 0 Å². The second-order valence-corrected chi connectivity index (χ2v) is 3.82. The second-order valence-electron chi connectivity index (χ2n) is 3.38. The van der Waals surface area contributed by atoms with Crippen LogP contribution in [0.25, 0.3) is 0 Å². The fraction of sp³-hybridized carbons (Fsp3) is 0.0769. The van der Waals surface area contributed by atoms with E-state index >= 15 is 0 Å². The number of rotatable bonds is 3. The number of ether oxygens (including phenoxy) is 1. The van der Waals surface area contributed by atoms with Crippen LogP contribution in [0.2, 0.25) is 5.02 Å². The number of phenols is 1. The molecule has 0 aromatic heterocycles. The number of phenolic OH excluding ortho intramolecular Hbond substituents is 1. The highest BCUT2D eigenvalue weighted by atomic mass is 35.5. The Labute approximate surface area is 99.1 Å². The molecule has 0 aliphatic carbocycles. The third kappa shape index (κ3) is 2.67. The minimum atomic E-state index is 0.150. The topological polar surface area (TPSA) is 29.5 Å². The molecule has 0 aliphatic heterocycles. The fourth-order valence-corrected chi connectivity index (χ4v) is 1.45. The largest absolute Gasteiger partial charge is 0.504 e. The third-order valence-corrected chi connectivity index (χ3v) is 2.42. The molecule has 0 aliphatic rings. The molecule has 0 fully saturated rings. The van der Waals surface area contributed by atoms with Crippen LogP contribution in [0.4, 0.5) is 0 Å². The van der Waals surface area contributed by atoms with Crippen LogP contribution in [0.1, 0.15) is 5.56 Å². The zero-order valence-corrected chi connectivity index (χ0v) is 9.32. The molecule has 0 bridgehead atoms. The van der Waals surface area contributed by atoms with E-state index in [1.54, 1.807) is 18.2 Å². The molecule has 0 spiro atoms. The molecule has 0 radical (unpaired) electrons. The van der Waals surface area contributed by atoms with Gasteiger partial charge in [-0.05, 0) is 29.8 Å². The molecule has 3 heteroatoms. The highest BCUT2D eigenvalue weighted by Crippen LogP contribution is 2.25. The van der Waals surface area contributed by atoms with Gasteiger partial charge in [0.2, 0.25) is 0 Å². The Morgan fingerprint density at radius 3 is 2.38 bits per heavy atom. The minimum absolute atomic E-state index is 0.150. The lowest BCUT2D eigenvalue weighted by atomic mass is 10.2. The van der Waals surface area contributed by atoms with E-state index in [1.165, 1.54) is 0 Å². The van der Waals surface area contributed by atoms with Crippen LogP contribution in [-0.4, -0.2) is 5.11 Å². The lowest BCUT2D eigenvalue weighted by Crippen LogP contribution is -1.95. The smallest absolute Gasteiger partial charge is 0.161 e. The standard InChI is InChI=1S/C13H11ClO2/c14-11-7-5-10(6-8-11)9-16-13-4-2-1-3-12(13)15/h1-8,15H,9H2. The second kappa shape index (κ2) is 4.90. The predicted octanol–water partition coefficient (Wildman–Crippen LogP) is 3.62. The van der Waals surface area contributed by atoms with E-state index in [9.17, 15) is 5.11 Å². The van der Waals surface area contributed by atoms with Gasteiger partial charge in [0.05, 0.1) is 0 Å². The number of hydrogen-bond donors (Lipinski definition) is 1. The van der Waals surface area contributed by atoms with Gasteiger partial charge >= 0.3 is 0 Å². The van der Waals surface area contributed by atoms with Gasteiger partial charge in [0.25, 0.3) is 0 Å². The van der Waals surface area contributed by atoms with E-state index in [0.29, 0.717) is 17.4 Å². The maximum atomic E-state index is 9.49. The molecule has 82 valence electrons. The highest BCUT2D eigenvalue weighted by Gasteiger charge is 2.00. The average Bonchev–Trinajstić information content (AvgIpc) is 2.30. The predicted molar refractivity (Wildman–Crippen MR) is 63.9 cm³/mol. The van der Waals surface area contributed by atoms with Crippen LogP contribution >= 0.6 is 11.6 Å². The summed E-state index contributed by atoms with van der Waals surface area (Å²) in [6, 6.07) is 14.3. The monoisotopic (exact) mass is 234 g/mol. The summed E-state index contributed by atoms with van der Waals surface area (Å²) in [7, 11) is 0. The highest BCUT2D eigenvalue weighted by molar-refractivity contribution is 6.30. The summed E-state index contributed by atoms with van der Waals surface area (Å²) in [6.45, 7) is 0.411. The lowest BCUT2D eigenvalue weighted by Gasteiger charge is -2.07. The van der Waals surface area contributed by atoms with Gasteiger partial charge in [-0.3, -0.25) is 0 Å². The van der Waals surface area contributed by atoms with E-state index in [2.05, 4.69) is 0 Å². The molecule has 0 unspecified atom stereocenters. The Kier molecular flexibility index (Phi) is 3.32. The van der Waals surface area contributed by atoms with Gasteiger partial charge in [0, 0.05) is 5.02 Å². The van der Waals surface area contributed by atoms with Crippen LogP contribution < -0.4 is 4.74 Å². The molecular weight excluding hydrogens is 224 g/mol. The summed E-state index contributed by atoms with van der Waals surface area (Å²) >= 11 is 5.77. The summed E-state index contributed by atoms with van der Waals surface area (Å²) in [5.41, 5.74) is 1.01. The number of hydrogen-bond acceptors (Lipinski definition) is 2. The van der Waals surface area contributed by atoms with Crippen molar-refractivity contribution in [3.05, 3.63) is 59.1 Å². The van der Waals surface area contributed by atoms with Gasteiger partial charge in [-0.25, -0.2) is 0 Å². The third-order valence-electron chi connectivity index (χ3n) is 2.17. The van der Waals surface area contributed by atoms with Crippen LogP contribution in [0, 0.1) is 0 Å². The average molecular weight is 235 g/mol. The number of halogens is 1. The number of aromatic hydroxyl groups is 1. The van der Waals surface area contributed by atoms with Crippen molar-refractivity contribution in [3.8, 4) is 11.5 Å². The molecule has 2 aromatic carbocycles. The molecule has 0 saturated carbocycles. The lowest BCUT2D eigenvalue weighted by molar-refractivity contribution is 0.289. The zero-order chi connectivity index (χ0) is 11.4. The molecule has 2 aromatic rings. The molecule has 0 amide bonds. The zero-order valence-electron chi connectivity index (χ0n) is 8.56. The van der Waals surface area contributed by atoms with Gasteiger partial charge < -0.3 is 9.84 Å². The van der Waals surface area contributed by atoms with Crippen LogP contribution in [0.5, 0.6) is 11.5 Å². The van der Waals surface area contributed by atoms with Crippen molar-refractivity contribution >= 4 is 11.6 Å². The fourth-order valence-electron chi connectivity index (χ4n) is 1.32. The van der Waals surface area contributed by atoms with Crippen molar-refractivity contribution in [1.82, 2.24) is 0 Å². The van der Waals surface area contributed by atoms with Crippen LogP contribution in [-0.2, 0) is 6.61 Å². The van der Waals surface area contributed by atoms with Crippen molar-refractivity contribution in [1.29, 1.82) is 0 Å². The van der Waals surface area contributed by atoms with Crippen molar-refractivity contribution in [3.63, 3.8) is 0 Å². The molecular formula is C13H11ClO2. The van der Waals surface area contributed by atoms with Gasteiger partial charge in [-0.1, -0.05) is 35.9 Å². The molecule has 0 atom stereocenters. The van der Waals surface area contributed by atoms with E-state index in [0.717, 1.165) is 5.56 Å². The van der Waals surface area contributed by atoms with Crippen molar-refractivity contribution in [2.75, 3.05) is 0 Å².